The van der Waals surface area contributed by atoms with Gasteiger partial charge in [0.15, 0.2) is 0 Å². The van der Waals surface area contributed by atoms with Crippen molar-refractivity contribution in [1.82, 2.24) is 4.98 Å². The summed E-state index contributed by atoms with van der Waals surface area (Å²) in [5.74, 6) is -0.721. The molecule has 0 aliphatic carbocycles. The molecule has 0 spiro atoms. The molecule has 0 saturated carbocycles. The Labute approximate surface area is 176 Å². The van der Waals surface area contributed by atoms with Gasteiger partial charge < -0.3 is 4.74 Å². The molecule has 0 atom stereocenters. The highest BCUT2D eigenvalue weighted by atomic mass is 35.5. The van der Waals surface area contributed by atoms with Crippen LogP contribution in [-0.2, 0) is 9.84 Å². The second-order valence-electron chi connectivity index (χ2n) is 6.47. The predicted molar refractivity (Wildman–Crippen MR) is 111 cm³/mol. The van der Waals surface area contributed by atoms with Crippen molar-refractivity contribution in [3.63, 3.8) is 0 Å². The minimum absolute atomic E-state index is 0.0748. The minimum Gasteiger partial charge on any atom is -0.495 e. The molecule has 0 aliphatic rings. The summed E-state index contributed by atoms with van der Waals surface area (Å²) >= 11 is 6.12. The van der Waals surface area contributed by atoms with Crippen LogP contribution in [0.1, 0.15) is 0 Å². The molecule has 8 heteroatoms. The SMILES string of the molecule is COc1ccc(S(=O)(=O)c2cnc3cc(F)ccc3c2-c2cccc(F)c2)cc1Cl. The highest BCUT2D eigenvalue weighted by molar-refractivity contribution is 7.91. The van der Waals surface area contributed by atoms with Crippen LogP contribution in [-0.4, -0.2) is 20.5 Å². The Morgan fingerprint density at radius 1 is 0.967 bits per heavy atom. The van der Waals surface area contributed by atoms with Crippen LogP contribution in [0.25, 0.3) is 22.0 Å². The lowest BCUT2D eigenvalue weighted by Crippen LogP contribution is -2.06. The third kappa shape index (κ3) is 3.51. The number of benzene rings is 3. The number of hydrogen-bond donors (Lipinski definition) is 0. The number of hydrogen-bond acceptors (Lipinski definition) is 4. The van der Waals surface area contributed by atoms with E-state index in [1.165, 1.54) is 61.7 Å². The Morgan fingerprint density at radius 2 is 1.73 bits per heavy atom. The molecular formula is C22H14ClF2NO3S. The van der Waals surface area contributed by atoms with Gasteiger partial charge >= 0.3 is 0 Å². The molecular weight excluding hydrogens is 432 g/mol. The topological polar surface area (TPSA) is 56.3 Å². The van der Waals surface area contributed by atoms with Gasteiger partial charge in [-0.1, -0.05) is 23.7 Å². The Bertz CT molecular complexity index is 1390. The average molecular weight is 446 g/mol. The molecule has 1 aromatic heterocycles. The smallest absolute Gasteiger partial charge is 0.208 e. The number of sulfone groups is 1. The highest BCUT2D eigenvalue weighted by Gasteiger charge is 2.26. The largest absolute Gasteiger partial charge is 0.495 e. The lowest BCUT2D eigenvalue weighted by molar-refractivity contribution is 0.414. The molecule has 30 heavy (non-hydrogen) atoms. The molecule has 1 heterocycles. The van der Waals surface area contributed by atoms with E-state index >= 15 is 0 Å². The first-order valence-electron chi connectivity index (χ1n) is 8.74. The normalized spacial score (nSPS) is 11.6. The predicted octanol–water partition coefficient (Wildman–Crippen LogP) is 5.67. The Hall–Kier alpha value is -3.03. The number of rotatable bonds is 4. The summed E-state index contributed by atoms with van der Waals surface area (Å²) in [7, 11) is -2.68. The summed E-state index contributed by atoms with van der Waals surface area (Å²) in [5.41, 5.74) is 0.805. The first-order valence-corrected chi connectivity index (χ1v) is 10.6. The van der Waals surface area contributed by atoms with Crippen molar-refractivity contribution in [1.29, 1.82) is 0 Å². The zero-order chi connectivity index (χ0) is 21.5. The standard InChI is InChI=1S/C22H14ClF2NO3S/c1-29-20-8-6-16(11-18(20)23)30(27,28)21-12-26-19-10-15(25)5-7-17(19)22(21)13-3-2-4-14(24)9-13/h2-12H,1H3. The number of ether oxygens (including phenoxy) is 1. The van der Waals surface area contributed by atoms with Gasteiger partial charge in [0.05, 0.1) is 27.4 Å². The molecule has 0 amide bonds. The van der Waals surface area contributed by atoms with Crippen molar-refractivity contribution in [2.75, 3.05) is 7.11 Å². The van der Waals surface area contributed by atoms with Crippen LogP contribution in [0.3, 0.4) is 0 Å². The van der Waals surface area contributed by atoms with Crippen molar-refractivity contribution >= 4 is 32.3 Å². The number of fused-ring (bicyclic) bond motifs is 1. The maximum atomic E-state index is 13.9. The van der Waals surface area contributed by atoms with Crippen LogP contribution in [0.5, 0.6) is 5.75 Å². The fraction of sp³-hybridized carbons (Fsp3) is 0.0455. The first kappa shape index (κ1) is 20.3. The van der Waals surface area contributed by atoms with Crippen molar-refractivity contribution in [2.24, 2.45) is 0 Å². The maximum absolute atomic E-state index is 13.9. The molecule has 0 unspecified atom stereocenters. The van der Waals surface area contributed by atoms with Gasteiger partial charge in [0, 0.05) is 23.2 Å². The molecule has 4 aromatic rings. The van der Waals surface area contributed by atoms with Crippen molar-refractivity contribution in [3.8, 4) is 16.9 Å². The fourth-order valence-corrected chi connectivity index (χ4v) is 5.02. The number of methoxy groups -OCH3 is 1. The minimum atomic E-state index is -4.10. The second kappa shape index (κ2) is 7.66. The van der Waals surface area contributed by atoms with Gasteiger partial charge in [0.2, 0.25) is 9.84 Å². The van der Waals surface area contributed by atoms with Crippen LogP contribution in [0.4, 0.5) is 8.78 Å². The molecule has 0 N–H and O–H groups in total. The van der Waals surface area contributed by atoms with E-state index in [0.717, 1.165) is 6.20 Å². The number of aromatic nitrogens is 1. The van der Waals surface area contributed by atoms with Gasteiger partial charge in [0.1, 0.15) is 17.4 Å². The highest BCUT2D eigenvalue weighted by Crippen LogP contribution is 2.38. The molecule has 4 nitrogen and oxygen atoms in total. The Morgan fingerprint density at radius 3 is 2.43 bits per heavy atom. The first-order chi connectivity index (χ1) is 14.3. The molecule has 0 radical (unpaired) electrons. The van der Waals surface area contributed by atoms with Crippen molar-refractivity contribution in [2.45, 2.75) is 9.79 Å². The summed E-state index contributed by atoms with van der Waals surface area (Å²) in [5, 5.41) is 0.504. The summed E-state index contributed by atoms with van der Waals surface area (Å²) in [6.45, 7) is 0. The summed E-state index contributed by atoms with van der Waals surface area (Å²) in [4.78, 5) is 3.91. The van der Waals surface area contributed by atoms with Gasteiger partial charge in [-0.2, -0.15) is 0 Å². The zero-order valence-electron chi connectivity index (χ0n) is 15.6. The van der Waals surface area contributed by atoms with Crippen LogP contribution in [0, 0.1) is 11.6 Å². The van der Waals surface area contributed by atoms with E-state index in [0.29, 0.717) is 16.7 Å². The molecule has 0 bridgehead atoms. The average Bonchev–Trinajstić information content (AvgIpc) is 2.72. The van der Waals surface area contributed by atoms with E-state index in [9.17, 15) is 17.2 Å². The van der Waals surface area contributed by atoms with E-state index < -0.39 is 21.5 Å². The molecule has 152 valence electrons. The Balaban J connectivity index is 2.04. The van der Waals surface area contributed by atoms with Crippen molar-refractivity contribution < 1.29 is 21.9 Å². The summed E-state index contributed by atoms with van der Waals surface area (Å²) in [6, 6.07) is 13.4. The molecule has 4 rings (SSSR count). The van der Waals surface area contributed by atoms with Crippen molar-refractivity contribution in [3.05, 3.63) is 83.5 Å². The van der Waals surface area contributed by atoms with E-state index in [1.54, 1.807) is 6.07 Å². The lowest BCUT2D eigenvalue weighted by Gasteiger charge is -2.14. The van der Waals surface area contributed by atoms with Gasteiger partial charge in [-0.15, -0.1) is 0 Å². The third-order valence-corrected chi connectivity index (χ3v) is 6.69. The van der Waals surface area contributed by atoms with Gasteiger partial charge in [-0.05, 0) is 48.0 Å². The van der Waals surface area contributed by atoms with Gasteiger partial charge in [-0.3, -0.25) is 4.98 Å². The van der Waals surface area contributed by atoms with E-state index in [2.05, 4.69) is 4.98 Å². The number of halogens is 3. The van der Waals surface area contributed by atoms with Crippen LogP contribution >= 0.6 is 11.6 Å². The second-order valence-corrected chi connectivity index (χ2v) is 8.79. The summed E-state index contributed by atoms with van der Waals surface area (Å²) in [6.07, 6.45) is 1.15. The molecule has 3 aromatic carbocycles. The quantitative estimate of drug-likeness (QED) is 0.406. The Kier molecular flexibility index (Phi) is 5.17. The number of nitrogens with zero attached hydrogens (tertiary/aromatic N) is 1. The number of pyridine rings is 1. The summed E-state index contributed by atoms with van der Waals surface area (Å²) < 4.78 is 59.7. The van der Waals surface area contributed by atoms with Gasteiger partial charge in [-0.25, -0.2) is 17.2 Å². The maximum Gasteiger partial charge on any atom is 0.208 e. The monoisotopic (exact) mass is 445 g/mol. The molecule has 0 saturated heterocycles. The molecule has 0 fully saturated rings. The molecule has 0 aliphatic heterocycles. The zero-order valence-corrected chi connectivity index (χ0v) is 17.1. The van der Waals surface area contributed by atoms with Crippen LogP contribution < -0.4 is 4.74 Å². The lowest BCUT2D eigenvalue weighted by atomic mass is 10.0. The van der Waals surface area contributed by atoms with Gasteiger partial charge in [0.25, 0.3) is 0 Å². The van der Waals surface area contributed by atoms with E-state index in [-0.39, 0.29) is 25.9 Å². The van der Waals surface area contributed by atoms with E-state index in [4.69, 9.17) is 16.3 Å². The van der Waals surface area contributed by atoms with E-state index in [1.807, 2.05) is 0 Å². The fourth-order valence-electron chi connectivity index (χ4n) is 3.24. The van der Waals surface area contributed by atoms with Crippen LogP contribution in [0.2, 0.25) is 5.02 Å². The third-order valence-electron chi connectivity index (χ3n) is 4.63. The van der Waals surface area contributed by atoms with Crippen LogP contribution in [0.15, 0.2) is 76.7 Å².